The first-order valence-electron chi connectivity index (χ1n) is 31.6. The van der Waals surface area contributed by atoms with Crippen LogP contribution in [0.25, 0.3) is 93.0 Å². The van der Waals surface area contributed by atoms with Crippen molar-refractivity contribution in [2.75, 3.05) is 39.3 Å². The molecular formula is C70H64F3N19OS. The number of pyridine rings is 1. The van der Waals surface area contributed by atoms with Gasteiger partial charge in [-0.1, -0.05) is 18.2 Å². The number of hydrogen-bond acceptors (Lipinski definition) is 18. The molecule has 0 spiro atoms. The lowest BCUT2D eigenvalue weighted by molar-refractivity contribution is 0.451. The van der Waals surface area contributed by atoms with Crippen molar-refractivity contribution >= 4 is 65.6 Å². The van der Waals surface area contributed by atoms with Gasteiger partial charge in [0.1, 0.15) is 28.2 Å². The summed E-state index contributed by atoms with van der Waals surface area (Å²) >= 11 is 1.53. The Hall–Kier alpha value is -10.1. The van der Waals surface area contributed by atoms with Crippen LogP contribution in [0.2, 0.25) is 0 Å². The van der Waals surface area contributed by atoms with Crippen molar-refractivity contribution in [1.29, 1.82) is 0 Å². The fourth-order valence-corrected chi connectivity index (χ4v) is 13.8. The van der Waals surface area contributed by atoms with E-state index in [9.17, 15) is 4.39 Å². The van der Waals surface area contributed by atoms with Gasteiger partial charge < -0.3 is 25.3 Å². The Balaban J connectivity index is 0.000000117. The van der Waals surface area contributed by atoms with Crippen LogP contribution in [0.5, 0.6) is 11.5 Å². The fourth-order valence-electron chi connectivity index (χ4n) is 12.8. The molecule has 0 bridgehead atoms. The van der Waals surface area contributed by atoms with Crippen molar-refractivity contribution in [3.8, 4) is 50.3 Å². The highest BCUT2D eigenvalue weighted by atomic mass is 32.1. The number of halogens is 3. The molecule has 0 aliphatic carbocycles. The molecule has 10 aromatic heterocycles. The number of nitrogens with zero attached hydrogens (tertiary/aromatic N) is 16. The van der Waals surface area contributed by atoms with Gasteiger partial charge in [-0.2, -0.15) is 40.8 Å². The third-order valence-corrected chi connectivity index (χ3v) is 18.8. The lowest BCUT2D eigenvalue weighted by Gasteiger charge is -2.21. The van der Waals surface area contributed by atoms with Crippen molar-refractivity contribution in [3.63, 3.8) is 0 Å². The van der Waals surface area contributed by atoms with E-state index in [2.05, 4.69) is 76.7 Å². The molecule has 0 atom stereocenters. The Morgan fingerprint density at radius 2 is 0.979 bits per heavy atom. The maximum absolute atomic E-state index is 15.3. The Bertz CT molecular complexity index is 5140. The Kier molecular flexibility index (Phi) is 16.5. The molecule has 24 heteroatoms. The van der Waals surface area contributed by atoms with Gasteiger partial charge in [0.05, 0.1) is 96.7 Å². The van der Waals surface area contributed by atoms with Crippen molar-refractivity contribution in [2.24, 2.45) is 0 Å². The number of rotatable bonds is 9. The molecule has 20 nitrogen and oxygen atoms in total. The zero-order chi connectivity index (χ0) is 64.0. The number of benzene rings is 4. The van der Waals surface area contributed by atoms with Crippen LogP contribution in [0.4, 0.5) is 13.2 Å². The van der Waals surface area contributed by atoms with Gasteiger partial charge in [0.15, 0.2) is 17.0 Å². The fraction of sp³-hybridized carbons (Fsp3) is 0.271. The van der Waals surface area contributed by atoms with E-state index in [-0.39, 0.29) is 17.5 Å². The molecule has 4 aromatic carbocycles. The number of fused-ring (bicyclic) bond motifs is 6. The molecule has 0 amide bonds. The van der Waals surface area contributed by atoms with E-state index in [1.165, 1.54) is 23.5 Å². The molecule has 14 aromatic rings. The monoisotopic (exact) mass is 1280 g/mol. The van der Waals surface area contributed by atoms with E-state index < -0.39 is 0 Å². The van der Waals surface area contributed by atoms with Crippen molar-refractivity contribution < 1.29 is 17.9 Å². The topological polar surface area (TPSA) is 227 Å². The number of ether oxygens (including phenoxy) is 1. The second kappa shape index (κ2) is 25.7. The van der Waals surface area contributed by atoms with Gasteiger partial charge in [-0.05, 0) is 184 Å². The molecule has 472 valence electrons. The van der Waals surface area contributed by atoms with Gasteiger partial charge in [0, 0.05) is 74.8 Å². The Morgan fingerprint density at radius 3 is 1.50 bits per heavy atom. The summed E-state index contributed by atoms with van der Waals surface area (Å²) in [5, 5.41) is 48.0. The van der Waals surface area contributed by atoms with Crippen LogP contribution in [0.15, 0.2) is 134 Å². The zero-order valence-electron chi connectivity index (χ0n) is 52.0. The number of para-hydroxylation sites is 1. The average molecular weight is 1280 g/mol. The molecule has 94 heavy (non-hydrogen) atoms. The second-order valence-electron chi connectivity index (χ2n) is 24.3. The first-order chi connectivity index (χ1) is 45.9. The van der Waals surface area contributed by atoms with Gasteiger partial charge in [-0.25, -0.2) is 42.1 Å². The number of piperidine rings is 3. The van der Waals surface area contributed by atoms with E-state index in [1.807, 2.05) is 130 Å². The summed E-state index contributed by atoms with van der Waals surface area (Å²) in [6, 6.07) is 30.8. The highest BCUT2D eigenvalue weighted by Gasteiger charge is 2.24. The lowest BCUT2D eigenvalue weighted by Crippen LogP contribution is -2.27. The summed E-state index contributed by atoms with van der Waals surface area (Å²) in [6.07, 6.45) is 14.9. The van der Waals surface area contributed by atoms with Crippen LogP contribution in [0.3, 0.4) is 0 Å². The first kappa shape index (κ1) is 60.1. The van der Waals surface area contributed by atoms with E-state index in [0.29, 0.717) is 95.8 Å². The van der Waals surface area contributed by atoms with Crippen LogP contribution in [0.1, 0.15) is 96.1 Å². The number of imidazole rings is 3. The van der Waals surface area contributed by atoms with E-state index in [4.69, 9.17) is 9.72 Å². The number of nitrogens with one attached hydrogen (secondary N) is 3. The molecule has 0 saturated carbocycles. The number of aryl methyl sites for hydroxylation is 4. The Labute approximate surface area is 541 Å². The SMILES string of the molecule is Cc1cc2nc(-c3cc(F)c4cc(C5CCNCC5)nnc4c3)sc2c(C)n1.Cc1cn2nc(-c3cc(F)c4cc(C5CCNCC5)nnc4c3)cc(-n3ccnc3)c2n1.Cc1cn2nc(-c3cc(F)c4cc(C5CCNCC5)nnc4c3)cc(Oc3ccccc3)c2n1. The summed E-state index contributed by atoms with van der Waals surface area (Å²) in [5.41, 5.74) is 13.9. The van der Waals surface area contributed by atoms with Gasteiger partial charge in [0.25, 0.3) is 0 Å². The number of thiazole rings is 1. The molecule has 17 rings (SSSR count). The van der Waals surface area contributed by atoms with Gasteiger partial charge >= 0.3 is 0 Å². The number of hydrogen-bond donors (Lipinski definition) is 3. The summed E-state index contributed by atoms with van der Waals surface area (Å²) in [4.78, 5) is 22.5. The third-order valence-electron chi connectivity index (χ3n) is 17.6. The second-order valence-corrected chi connectivity index (χ2v) is 25.3. The van der Waals surface area contributed by atoms with Crippen molar-refractivity contribution in [2.45, 2.75) is 84.0 Å². The maximum Gasteiger partial charge on any atom is 0.197 e. The minimum absolute atomic E-state index is 0.275. The third kappa shape index (κ3) is 12.4. The molecule has 0 radical (unpaired) electrons. The minimum Gasteiger partial charge on any atom is -0.453 e. The smallest absolute Gasteiger partial charge is 0.197 e. The van der Waals surface area contributed by atoms with Crippen LogP contribution in [-0.2, 0) is 0 Å². The van der Waals surface area contributed by atoms with Gasteiger partial charge in [0.2, 0.25) is 0 Å². The summed E-state index contributed by atoms with van der Waals surface area (Å²) in [5.74, 6) is 1.26. The molecule has 13 heterocycles. The van der Waals surface area contributed by atoms with E-state index in [1.54, 1.807) is 33.7 Å². The van der Waals surface area contributed by atoms with Crippen molar-refractivity contribution in [3.05, 3.63) is 192 Å². The summed E-state index contributed by atoms with van der Waals surface area (Å²) < 4.78 is 57.9. The highest BCUT2D eigenvalue weighted by Crippen LogP contribution is 2.38. The number of aromatic nitrogens is 16. The van der Waals surface area contributed by atoms with Crippen LogP contribution in [0, 0.1) is 45.1 Å². The molecule has 3 saturated heterocycles. The molecule has 3 aliphatic rings. The van der Waals surface area contributed by atoms with Crippen LogP contribution < -0.4 is 20.7 Å². The van der Waals surface area contributed by atoms with Crippen LogP contribution in [-0.4, -0.2) is 119 Å². The molecule has 3 fully saturated rings. The molecular weight excluding hydrogens is 1210 g/mol. The predicted octanol–water partition coefficient (Wildman–Crippen LogP) is 13.0. The molecule has 3 aliphatic heterocycles. The predicted molar refractivity (Wildman–Crippen MR) is 356 cm³/mol. The molecule has 3 N–H and O–H groups in total. The standard InChI is InChI=1S/C26H23FN6O.C23H21FN8.C21H20FN5S/c1-16-15-33-26(29-16)25(34-19-5-3-2-4-6-19)14-23(32-33)18-11-21(27)20-13-22(30-31-24(20)12-18)17-7-9-28-10-8-17;1-14-12-32-23(27-14)22(31-7-6-26-13-31)11-20(30-32)16-8-18(24)17-10-19(28-29-21(17)9-16)15-2-4-25-5-3-15;1-11-7-19-20(12(2)24-11)28-21(25-19)14-8-16(22)15-10-17(26-27-18(15)9-14)13-3-5-23-6-4-13/h2-6,11-15,17,28H,7-10H2,1H3;6-13,15,25H,2-5H2,1H3;7-10,13,23H,3-6H2,1-2H3. The van der Waals surface area contributed by atoms with E-state index >= 15 is 8.78 Å². The van der Waals surface area contributed by atoms with Crippen LogP contribution >= 0.6 is 11.3 Å². The van der Waals surface area contributed by atoms with Gasteiger partial charge in [-0.15, -0.1) is 11.3 Å². The van der Waals surface area contributed by atoms with Gasteiger partial charge in [-0.3, -0.25) is 4.98 Å². The van der Waals surface area contributed by atoms with E-state index in [0.717, 1.165) is 144 Å². The molecule has 0 unspecified atom stereocenters. The average Bonchev–Trinajstić information content (AvgIpc) is 1.44. The highest BCUT2D eigenvalue weighted by molar-refractivity contribution is 7.21. The quantitative estimate of drug-likeness (QED) is 0.122. The largest absolute Gasteiger partial charge is 0.453 e. The summed E-state index contributed by atoms with van der Waals surface area (Å²) in [6.45, 7) is 13.5. The first-order valence-corrected chi connectivity index (χ1v) is 32.4. The zero-order valence-corrected chi connectivity index (χ0v) is 52.8. The normalized spacial score (nSPS) is 15.1. The minimum atomic E-state index is -0.341. The lowest BCUT2D eigenvalue weighted by atomic mass is 9.93. The maximum atomic E-state index is 15.3. The summed E-state index contributed by atoms with van der Waals surface area (Å²) in [7, 11) is 0. The Morgan fingerprint density at radius 1 is 0.489 bits per heavy atom. The van der Waals surface area contributed by atoms with Crippen molar-refractivity contribution in [1.82, 2.24) is 95.3 Å².